The van der Waals surface area contributed by atoms with Crippen LogP contribution in [0, 0.1) is 5.82 Å². The Balaban J connectivity index is 2.29. The highest BCUT2D eigenvalue weighted by atomic mass is 35.5. The van der Waals surface area contributed by atoms with Crippen LogP contribution in [-0.4, -0.2) is 29.0 Å². The molecule has 0 saturated carbocycles. The number of anilines is 1. The van der Waals surface area contributed by atoms with Gasteiger partial charge in [-0.2, -0.15) is 15.0 Å². The summed E-state index contributed by atoms with van der Waals surface area (Å²) < 4.78 is 18.3. The fraction of sp³-hybridized carbons (Fsp3) is 0.182. The number of hydrogen-bond acceptors (Lipinski definition) is 5. The van der Waals surface area contributed by atoms with Gasteiger partial charge in [0.2, 0.25) is 11.2 Å². The Morgan fingerprint density at radius 2 is 2.00 bits per heavy atom. The first-order chi connectivity index (χ1) is 8.54. The molecule has 1 heterocycles. The molecule has 0 aliphatic carbocycles. The Hall–Kier alpha value is -1.95. The molecule has 1 aromatic carbocycles. The molecule has 5 nitrogen and oxygen atoms in total. The highest BCUT2D eigenvalue weighted by Crippen LogP contribution is 2.21. The molecule has 94 valence electrons. The monoisotopic (exact) mass is 268 g/mol. The average Bonchev–Trinajstić information content (AvgIpc) is 2.28. The summed E-state index contributed by atoms with van der Waals surface area (Å²) in [6.07, 6.45) is 0. The van der Waals surface area contributed by atoms with Crippen molar-refractivity contribution in [2.75, 3.05) is 19.0 Å². The third-order valence-corrected chi connectivity index (χ3v) is 2.15. The molecule has 0 atom stereocenters. The van der Waals surface area contributed by atoms with Crippen LogP contribution < -0.4 is 9.64 Å². The molecule has 0 bridgehead atoms. The van der Waals surface area contributed by atoms with Gasteiger partial charge in [0.05, 0.1) is 0 Å². The molecule has 2 rings (SSSR count). The molecule has 1 aromatic heterocycles. The third-order valence-electron chi connectivity index (χ3n) is 1.98. The van der Waals surface area contributed by atoms with E-state index in [-0.39, 0.29) is 11.3 Å². The van der Waals surface area contributed by atoms with Crippen LogP contribution >= 0.6 is 11.6 Å². The summed E-state index contributed by atoms with van der Waals surface area (Å²) in [7, 11) is 3.52. The van der Waals surface area contributed by atoms with Crippen molar-refractivity contribution in [2.45, 2.75) is 0 Å². The van der Waals surface area contributed by atoms with Gasteiger partial charge in [-0.05, 0) is 23.7 Å². The number of aromatic nitrogens is 3. The molecular formula is C11H10ClFN4O. The second-order valence-corrected chi connectivity index (χ2v) is 3.98. The zero-order valence-corrected chi connectivity index (χ0v) is 10.5. The SMILES string of the molecule is CN(C)c1nc(Cl)nc(Oc2cccc(F)c2)n1. The largest absolute Gasteiger partial charge is 0.424 e. The molecule has 0 amide bonds. The average molecular weight is 269 g/mol. The predicted molar refractivity (Wildman–Crippen MR) is 65.6 cm³/mol. The Labute approximate surface area is 108 Å². The van der Waals surface area contributed by atoms with E-state index in [2.05, 4.69) is 15.0 Å². The first kappa shape index (κ1) is 12.5. The fourth-order valence-electron chi connectivity index (χ4n) is 1.20. The standard InChI is InChI=1S/C11H10ClFN4O/c1-17(2)10-14-9(12)15-11(16-10)18-8-5-3-4-7(13)6-8/h3-6H,1-2H3. The van der Waals surface area contributed by atoms with Gasteiger partial charge < -0.3 is 9.64 Å². The Morgan fingerprint density at radius 1 is 1.22 bits per heavy atom. The molecule has 0 aliphatic rings. The molecule has 0 fully saturated rings. The maximum absolute atomic E-state index is 13.0. The van der Waals surface area contributed by atoms with E-state index in [4.69, 9.17) is 16.3 Å². The van der Waals surface area contributed by atoms with Crippen molar-refractivity contribution in [2.24, 2.45) is 0 Å². The van der Waals surface area contributed by atoms with Crippen molar-refractivity contribution < 1.29 is 9.13 Å². The number of rotatable bonds is 3. The van der Waals surface area contributed by atoms with E-state index in [1.807, 2.05) is 0 Å². The number of hydrogen-bond donors (Lipinski definition) is 0. The van der Waals surface area contributed by atoms with Crippen LogP contribution in [0.4, 0.5) is 10.3 Å². The van der Waals surface area contributed by atoms with Gasteiger partial charge in [0.1, 0.15) is 11.6 Å². The third kappa shape index (κ3) is 3.04. The topological polar surface area (TPSA) is 51.1 Å². The maximum atomic E-state index is 13.0. The zero-order valence-electron chi connectivity index (χ0n) is 9.76. The summed E-state index contributed by atoms with van der Waals surface area (Å²) in [6, 6.07) is 5.69. The molecule has 2 aromatic rings. The Kier molecular flexibility index (Phi) is 3.57. The van der Waals surface area contributed by atoms with Crippen molar-refractivity contribution >= 4 is 17.5 Å². The molecule has 18 heavy (non-hydrogen) atoms. The summed E-state index contributed by atoms with van der Waals surface area (Å²) in [5.41, 5.74) is 0. The van der Waals surface area contributed by atoms with E-state index < -0.39 is 5.82 Å². The van der Waals surface area contributed by atoms with E-state index in [0.29, 0.717) is 11.7 Å². The number of ether oxygens (including phenoxy) is 1. The smallest absolute Gasteiger partial charge is 0.328 e. The zero-order chi connectivity index (χ0) is 13.1. The summed E-state index contributed by atoms with van der Waals surface area (Å²) >= 11 is 5.75. The van der Waals surface area contributed by atoms with Gasteiger partial charge in [0.25, 0.3) is 0 Å². The van der Waals surface area contributed by atoms with Crippen molar-refractivity contribution in [3.8, 4) is 11.8 Å². The minimum absolute atomic E-state index is 0.0140. The quantitative estimate of drug-likeness (QED) is 0.856. The molecule has 0 aliphatic heterocycles. The Morgan fingerprint density at radius 3 is 2.67 bits per heavy atom. The van der Waals surface area contributed by atoms with Gasteiger partial charge in [0, 0.05) is 20.2 Å². The van der Waals surface area contributed by atoms with Crippen LogP contribution in [0.1, 0.15) is 0 Å². The number of benzene rings is 1. The first-order valence-electron chi connectivity index (χ1n) is 5.07. The van der Waals surface area contributed by atoms with Gasteiger partial charge in [0.15, 0.2) is 0 Å². The second-order valence-electron chi connectivity index (χ2n) is 3.64. The minimum Gasteiger partial charge on any atom is -0.424 e. The van der Waals surface area contributed by atoms with E-state index in [1.165, 1.54) is 18.2 Å². The van der Waals surface area contributed by atoms with Crippen molar-refractivity contribution in [3.05, 3.63) is 35.4 Å². The normalized spacial score (nSPS) is 10.2. The lowest BCUT2D eigenvalue weighted by Gasteiger charge is -2.11. The maximum Gasteiger partial charge on any atom is 0.328 e. The second kappa shape index (κ2) is 5.14. The molecule has 7 heteroatoms. The van der Waals surface area contributed by atoms with Crippen LogP contribution in [0.5, 0.6) is 11.8 Å². The van der Waals surface area contributed by atoms with Crippen molar-refractivity contribution in [1.29, 1.82) is 0 Å². The van der Waals surface area contributed by atoms with Crippen LogP contribution in [0.25, 0.3) is 0 Å². The van der Waals surface area contributed by atoms with Crippen LogP contribution in [0.15, 0.2) is 24.3 Å². The Bertz CT molecular complexity index is 564. The molecule has 0 spiro atoms. The van der Waals surface area contributed by atoms with Gasteiger partial charge >= 0.3 is 6.01 Å². The molecule has 0 unspecified atom stereocenters. The van der Waals surface area contributed by atoms with Crippen molar-refractivity contribution in [3.63, 3.8) is 0 Å². The highest BCUT2D eigenvalue weighted by molar-refractivity contribution is 6.28. The molecular weight excluding hydrogens is 259 g/mol. The fourth-order valence-corrected chi connectivity index (χ4v) is 1.35. The number of nitrogens with zero attached hydrogens (tertiary/aromatic N) is 4. The molecule has 0 saturated heterocycles. The molecule has 0 radical (unpaired) electrons. The van der Waals surface area contributed by atoms with Gasteiger partial charge in [-0.25, -0.2) is 4.39 Å². The van der Waals surface area contributed by atoms with Crippen LogP contribution in [0.3, 0.4) is 0 Å². The first-order valence-corrected chi connectivity index (χ1v) is 5.45. The lowest BCUT2D eigenvalue weighted by molar-refractivity contribution is 0.436. The summed E-state index contributed by atoms with van der Waals surface area (Å²) in [6.45, 7) is 0. The van der Waals surface area contributed by atoms with Crippen LogP contribution in [-0.2, 0) is 0 Å². The number of halogens is 2. The summed E-state index contributed by atoms with van der Waals surface area (Å²) in [5, 5.41) is 0.0140. The predicted octanol–water partition coefficient (Wildman–Crippen LogP) is 2.52. The summed E-state index contributed by atoms with van der Waals surface area (Å²) in [4.78, 5) is 13.4. The van der Waals surface area contributed by atoms with E-state index in [0.717, 1.165) is 0 Å². The van der Waals surface area contributed by atoms with Crippen molar-refractivity contribution in [1.82, 2.24) is 15.0 Å². The van der Waals surface area contributed by atoms with Gasteiger partial charge in [-0.1, -0.05) is 6.07 Å². The lowest BCUT2D eigenvalue weighted by atomic mass is 10.3. The highest BCUT2D eigenvalue weighted by Gasteiger charge is 2.08. The van der Waals surface area contributed by atoms with Gasteiger partial charge in [-0.3, -0.25) is 0 Å². The molecule has 0 N–H and O–H groups in total. The van der Waals surface area contributed by atoms with Crippen LogP contribution in [0.2, 0.25) is 5.28 Å². The van der Waals surface area contributed by atoms with E-state index in [9.17, 15) is 4.39 Å². The summed E-state index contributed by atoms with van der Waals surface area (Å²) in [5.74, 6) is 0.254. The van der Waals surface area contributed by atoms with E-state index in [1.54, 1.807) is 25.1 Å². The minimum atomic E-state index is -0.402. The van der Waals surface area contributed by atoms with Gasteiger partial charge in [-0.15, -0.1) is 0 Å². The lowest BCUT2D eigenvalue weighted by Crippen LogP contribution is -2.13. The van der Waals surface area contributed by atoms with E-state index >= 15 is 0 Å².